The summed E-state index contributed by atoms with van der Waals surface area (Å²) in [5.41, 5.74) is 2.36. The molecule has 1 spiro atoms. The molecule has 3 unspecified atom stereocenters. The standard InChI is InChI=1S/C22H21NO3/c1-25-18-6-4-5-15(11-18)8-9-16-12-17-14-22(19(16)13-21(24)26-22)20-7-2-3-10-23(17)20/h4-6,11-13,17,20H,2-3,7,10,14H2,1H3. The van der Waals surface area contributed by atoms with E-state index in [0.29, 0.717) is 12.1 Å². The van der Waals surface area contributed by atoms with E-state index in [1.807, 2.05) is 24.3 Å². The molecule has 4 nitrogen and oxygen atoms in total. The second-order valence-corrected chi connectivity index (χ2v) is 7.45. The molecule has 0 radical (unpaired) electrons. The van der Waals surface area contributed by atoms with Crippen molar-refractivity contribution in [3.8, 4) is 17.6 Å². The van der Waals surface area contributed by atoms with Crippen LogP contribution in [-0.4, -0.2) is 42.2 Å². The lowest BCUT2D eigenvalue weighted by Crippen LogP contribution is -2.48. The Morgan fingerprint density at radius 1 is 1.31 bits per heavy atom. The van der Waals surface area contributed by atoms with Gasteiger partial charge in [0.2, 0.25) is 0 Å². The highest BCUT2D eigenvalue weighted by Gasteiger charge is 2.61. The normalized spacial score (nSPS) is 31.8. The van der Waals surface area contributed by atoms with Crippen LogP contribution in [0.25, 0.3) is 0 Å². The zero-order valence-corrected chi connectivity index (χ0v) is 14.8. The smallest absolute Gasteiger partial charge is 0.332 e. The molecule has 0 amide bonds. The van der Waals surface area contributed by atoms with Crippen molar-refractivity contribution in [2.75, 3.05) is 13.7 Å². The van der Waals surface area contributed by atoms with E-state index in [4.69, 9.17) is 9.47 Å². The molecule has 3 atom stereocenters. The number of esters is 1. The van der Waals surface area contributed by atoms with Gasteiger partial charge in [-0.15, -0.1) is 0 Å². The number of carbonyl (C=O) groups excluding carboxylic acids is 1. The second kappa shape index (κ2) is 5.75. The Morgan fingerprint density at radius 2 is 2.23 bits per heavy atom. The third-order valence-corrected chi connectivity index (χ3v) is 6.08. The molecule has 0 saturated carbocycles. The van der Waals surface area contributed by atoms with Gasteiger partial charge in [-0.3, -0.25) is 4.90 Å². The van der Waals surface area contributed by atoms with E-state index in [9.17, 15) is 4.79 Å². The van der Waals surface area contributed by atoms with Gasteiger partial charge in [0.25, 0.3) is 0 Å². The van der Waals surface area contributed by atoms with Crippen molar-refractivity contribution in [2.45, 2.75) is 43.4 Å². The van der Waals surface area contributed by atoms with E-state index in [1.54, 1.807) is 13.2 Å². The van der Waals surface area contributed by atoms with Crippen LogP contribution in [0.2, 0.25) is 0 Å². The number of rotatable bonds is 1. The fraction of sp³-hybridized carbons (Fsp3) is 0.409. The van der Waals surface area contributed by atoms with Gasteiger partial charge in [0.05, 0.1) is 13.2 Å². The van der Waals surface area contributed by atoms with Crippen LogP contribution in [0.5, 0.6) is 5.75 Å². The highest BCUT2D eigenvalue weighted by atomic mass is 16.6. The van der Waals surface area contributed by atoms with Gasteiger partial charge in [0, 0.05) is 35.2 Å². The first-order valence-corrected chi connectivity index (χ1v) is 9.29. The van der Waals surface area contributed by atoms with Crippen LogP contribution in [0.3, 0.4) is 0 Å². The number of carbonyl (C=O) groups is 1. The summed E-state index contributed by atoms with van der Waals surface area (Å²) in [6.07, 6.45) is 8.29. The number of nitrogens with zero attached hydrogens (tertiary/aromatic N) is 1. The summed E-state index contributed by atoms with van der Waals surface area (Å²) in [5.74, 6) is 7.13. The van der Waals surface area contributed by atoms with Crippen molar-refractivity contribution < 1.29 is 14.3 Å². The number of hydrogen-bond donors (Lipinski definition) is 0. The maximum absolute atomic E-state index is 12.2. The van der Waals surface area contributed by atoms with E-state index in [-0.39, 0.29) is 5.97 Å². The largest absolute Gasteiger partial charge is 0.497 e. The summed E-state index contributed by atoms with van der Waals surface area (Å²) in [5, 5.41) is 0. The van der Waals surface area contributed by atoms with Gasteiger partial charge in [0.1, 0.15) is 5.75 Å². The predicted molar refractivity (Wildman–Crippen MR) is 97.6 cm³/mol. The van der Waals surface area contributed by atoms with E-state index in [2.05, 4.69) is 22.8 Å². The topological polar surface area (TPSA) is 38.8 Å². The van der Waals surface area contributed by atoms with E-state index < -0.39 is 5.60 Å². The third kappa shape index (κ3) is 2.24. The van der Waals surface area contributed by atoms with Crippen molar-refractivity contribution in [3.05, 3.63) is 53.1 Å². The molecule has 0 N–H and O–H groups in total. The van der Waals surface area contributed by atoms with E-state index >= 15 is 0 Å². The quantitative estimate of drug-likeness (QED) is 0.578. The van der Waals surface area contributed by atoms with Crippen molar-refractivity contribution >= 4 is 5.97 Å². The molecular formula is C22H21NO3. The lowest BCUT2D eigenvalue weighted by atomic mass is 9.77. The Bertz CT molecular complexity index is 903. The number of ether oxygens (including phenoxy) is 2. The molecule has 1 aromatic rings. The van der Waals surface area contributed by atoms with Crippen molar-refractivity contribution in [1.29, 1.82) is 0 Å². The second-order valence-electron chi connectivity index (χ2n) is 7.45. The molecule has 4 aliphatic rings. The fourth-order valence-electron chi connectivity index (χ4n) is 5.01. The van der Waals surface area contributed by atoms with Gasteiger partial charge < -0.3 is 9.47 Å². The summed E-state index contributed by atoms with van der Waals surface area (Å²) in [4.78, 5) is 14.7. The SMILES string of the molecule is COc1cccc(C#CC2=CC3CC4(OC(=O)C=C24)C2CCCCN32)c1. The number of hydrogen-bond acceptors (Lipinski definition) is 4. The highest BCUT2D eigenvalue weighted by Crippen LogP contribution is 2.53. The Labute approximate surface area is 153 Å². The summed E-state index contributed by atoms with van der Waals surface area (Å²) in [6.45, 7) is 1.08. The maximum Gasteiger partial charge on any atom is 0.332 e. The zero-order valence-electron chi connectivity index (χ0n) is 14.8. The Hall–Kier alpha value is -2.51. The first-order valence-electron chi connectivity index (χ1n) is 9.29. The first-order chi connectivity index (χ1) is 12.7. The molecule has 2 fully saturated rings. The number of piperidine rings is 1. The van der Waals surface area contributed by atoms with Gasteiger partial charge in [-0.25, -0.2) is 4.79 Å². The van der Waals surface area contributed by atoms with Crippen LogP contribution < -0.4 is 4.74 Å². The Kier molecular flexibility index (Phi) is 3.48. The molecule has 132 valence electrons. The molecule has 3 aliphatic heterocycles. The summed E-state index contributed by atoms with van der Waals surface area (Å²) < 4.78 is 11.2. The summed E-state index contributed by atoms with van der Waals surface area (Å²) in [6, 6.07) is 8.35. The van der Waals surface area contributed by atoms with Crippen LogP contribution in [0, 0.1) is 11.8 Å². The van der Waals surface area contributed by atoms with Crippen molar-refractivity contribution in [3.63, 3.8) is 0 Å². The monoisotopic (exact) mass is 347 g/mol. The van der Waals surface area contributed by atoms with Gasteiger partial charge >= 0.3 is 5.97 Å². The van der Waals surface area contributed by atoms with Gasteiger partial charge in [-0.1, -0.05) is 30.4 Å². The van der Waals surface area contributed by atoms with Crippen LogP contribution in [0.1, 0.15) is 31.2 Å². The minimum absolute atomic E-state index is 0.220. The third-order valence-electron chi connectivity index (χ3n) is 6.08. The van der Waals surface area contributed by atoms with Gasteiger partial charge in [-0.2, -0.15) is 0 Å². The maximum atomic E-state index is 12.2. The average molecular weight is 347 g/mol. The molecule has 2 saturated heterocycles. The minimum atomic E-state index is -0.477. The molecule has 4 heteroatoms. The number of benzene rings is 1. The lowest BCUT2D eigenvalue weighted by Gasteiger charge is -2.38. The van der Waals surface area contributed by atoms with Crippen molar-refractivity contribution in [2.24, 2.45) is 0 Å². The van der Waals surface area contributed by atoms with Gasteiger partial charge in [-0.05, 0) is 37.6 Å². The van der Waals surface area contributed by atoms with Crippen molar-refractivity contribution in [1.82, 2.24) is 4.90 Å². The number of methoxy groups -OCH3 is 1. The highest BCUT2D eigenvalue weighted by molar-refractivity contribution is 5.90. The first kappa shape index (κ1) is 15.7. The minimum Gasteiger partial charge on any atom is -0.497 e. The van der Waals surface area contributed by atoms with Crippen LogP contribution in [0.15, 0.2) is 47.6 Å². The van der Waals surface area contributed by atoms with Crippen LogP contribution in [-0.2, 0) is 9.53 Å². The number of fused-ring (bicyclic) bond motifs is 3. The molecule has 3 heterocycles. The average Bonchev–Trinajstić information content (AvgIpc) is 3.15. The Balaban J connectivity index is 1.55. The lowest BCUT2D eigenvalue weighted by molar-refractivity contribution is -0.148. The molecule has 1 aromatic carbocycles. The Morgan fingerprint density at radius 3 is 3.12 bits per heavy atom. The van der Waals surface area contributed by atoms with Crippen LogP contribution >= 0.6 is 0 Å². The summed E-state index contributed by atoms with van der Waals surface area (Å²) >= 11 is 0. The van der Waals surface area contributed by atoms with E-state index in [0.717, 1.165) is 41.8 Å². The zero-order chi connectivity index (χ0) is 17.7. The molecule has 1 aliphatic carbocycles. The molecule has 26 heavy (non-hydrogen) atoms. The fourth-order valence-corrected chi connectivity index (χ4v) is 5.01. The van der Waals surface area contributed by atoms with Crippen LogP contribution in [0.4, 0.5) is 0 Å². The van der Waals surface area contributed by atoms with Gasteiger partial charge in [0.15, 0.2) is 5.60 Å². The molecule has 2 bridgehead atoms. The molecule has 5 rings (SSSR count). The van der Waals surface area contributed by atoms with E-state index in [1.165, 1.54) is 12.8 Å². The summed E-state index contributed by atoms with van der Waals surface area (Å²) in [7, 11) is 1.65. The predicted octanol–water partition coefficient (Wildman–Crippen LogP) is 2.84. The molecular weight excluding hydrogens is 326 g/mol. The molecule has 0 aromatic heterocycles.